The lowest BCUT2D eigenvalue weighted by atomic mass is 10.2. The second-order valence-electron chi connectivity index (χ2n) is 8.54. The zero-order valence-electron chi connectivity index (χ0n) is 16.4. The molecule has 142 valence electrons. The van der Waals surface area contributed by atoms with Crippen molar-refractivity contribution in [1.82, 2.24) is 0 Å². The molecule has 1 fully saturated rings. The summed E-state index contributed by atoms with van der Waals surface area (Å²) in [6.07, 6.45) is 1.73. The minimum absolute atomic E-state index is 0.180. The molecule has 0 unspecified atom stereocenters. The first-order valence-electron chi connectivity index (χ1n) is 9.26. The number of thioether (sulfide) groups is 2. The number of ether oxygens (including phenoxy) is 1. The highest BCUT2D eigenvalue weighted by molar-refractivity contribution is 8.21. The number of aliphatic hydroxyl groups is 1. The highest BCUT2D eigenvalue weighted by Crippen LogP contribution is 2.58. The zero-order chi connectivity index (χ0) is 18.6. The van der Waals surface area contributed by atoms with Gasteiger partial charge in [-0.2, -0.15) is 0 Å². The van der Waals surface area contributed by atoms with Crippen molar-refractivity contribution in [3.63, 3.8) is 0 Å². The molecule has 2 nitrogen and oxygen atoms in total. The van der Waals surface area contributed by atoms with Gasteiger partial charge in [0.05, 0.1) is 31.1 Å². The van der Waals surface area contributed by atoms with Crippen LogP contribution in [0.4, 0.5) is 0 Å². The number of benzene rings is 1. The molecule has 0 aromatic heterocycles. The van der Waals surface area contributed by atoms with Crippen LogP contribution in [0, 0.1) is 0 Å². The van der Waals surface area contributed by atoms with E-state index in [1.165, 1.54) is 17.9 Å². The van der Waals surface area contributed by atoms with Crippen LogP contribution in [0.2, 0.25) is 18.1 Å². The Bertz CT molecular complexity index is 522. The fourth-order valence-electron chi connectivity index (χ4n) is 3.14. The van der Waals surface area contributed by atoms with Gasteiger partial charge < -0.3 is 9.84 Å². The summed E-state index contributed by atoms with van der Waals surface area (Å²) >= 11 is 4.22. The van der Waals surface area contributed by atoms with Crippen molar-refractivity contribution in [1.29, 1.82) is 0 Å². The van der Waals surface area contributed by atoms with Gasteiger partial charge in [-0.25, -0.2) is 0 Å². The smallest absolute Gasteiger partial charge is 0.0836 e. The molecule has 1 heterocycles. The van der Waals surface area contributed by atoms with E-state index in [0.717, 1.165) is 12.0 Å². The second kappa shape index (κ2) is 8.83. The molecule has 0 saturated carbocycles. The molecule has 1 atom stereocenters. The molecule has 0 spiro atoms. The number of aliphatic hydroxyl groups excluding tert-OH is 1. The number of hydrogen-bond acceptors (Lipinski definition) is 4. The van der Waals surface area contributed by atoms with Crippen LogP contribution in [0.1, 0.15) is 39.2 Å². The molecule has 25 heavy (non-hydrogen) atoms. The maximum atomic E-state index is 10.7. The van der Waals surface area contributed by atoms with Crippen LogP contribution in [0.3, 0.4) is 0 Å². The third-order valence-corrected chi connectivity index (χ3v) is 18.5. The van der Waals surface area contributed by atoms with Crippen LogP contribution in [0.5, 0.6) is 0 Å². The third-order valence-electron chi connectivity index (χ3n) is 5.71. The van der Waals surface area contributed by atoms with E-state index in [4.69, 9.17) is 4.74 Å². The van der Waals surface area contributed by atoms with Crippen LogP contribution in [0.15, 0.2) is 30.3 Å². The number of rotatable bonds is 7. The van der Waals surface area contributed by atoms with E-state index in [0.29, 0.717) is 18.3 Å². The molecule has 0 bridgehead atoms. The van der Waals surface area contributed by atoms with Gasteiger partial charge in [-0.1, -0.05) is 64.2 Å². The summed E-state index contributed by atoms with van der Waals surface area (Å²) in [6.45, 7) is 13.2. The first-order valence-corrected chi connectivity index (χ1v) is 14.2. The minimum Gasteiger partial charge on any atom is -0.391 e. The Morgan fingerprint density at radius 3 is 2.32 bits per heavy atom. The maximum Gasteiger partial charge on any atom is 0.0836 e. The van der Waals surface area contributed by atoms with Crippen LogP contribution in [0.25, 0.3) is 0 Å². The highest BCUT2D eigenvalue weighted by Gasteiger charge is 2.55. The molecule has 0 amide bonds. The molecule has 2 rings (SSSR count). The molecule has 0 aliphatic carbocycles. The van der Waals surface area contributed by atoms with Crippen LogP contribution >= 0.6 is 23.5 Å². The average molecular weight is 399 g/mol. The van der Waals surface area contributed by atoms with Crippen molar-refractivity contribution in [3.8, 4) is 0 Å². The van der Waals surface area contributed by atoms with Crippen molar-refractivity contribution in [3.05, 3.63) is 35.9 Å². The van der Waals surface area contributed by atoms with Crippen LogP contribution in [-0.2, 0) is 11.3 Å². The van der Waals surface area contributed by atoms with E-state index < -0.39 is 14.2 Å². The van der Waals surface area contributed by atoms with Crippen molar-refractivity contribution >= 4 is 31.6 Å². The molecule has 1 aliphatic rings. The Hall–Kier alpha value is 0.0569. The largest absolute Gasteiger partial charge is 0.391 e. The van der Waals surface area contributed by atoms with E-state index in [1.54, 1.807) is 0 Å². The second-order valence-corrected chi connectivity index (χ2v) is 17.9. The summed E-state index contributed by atoms with van der Waals surface area (Å²) in [6, 6.07) is 10.2. The van der Waals surface area contributed by atoms with E-state index in [9.17, 15) is 5.11 Å². The normalized spacial score (nSPS) is 19.6. The summed E-state index contributed by atoms with van der Waals surface area (Å²) in [7, 11) is -1.61. The van der Waals surface area contributed by atoms with Gasteiger partial charge in [-0.3, -0.25) is 0 Å². The average Bonchev–Trinajstić information content (AvgIpc) is 2.55. The first kappa shape index (κ1) is 21.4. The van der Waals surface area contributed by atoms with Crippen molar-refractivity contribution < 1.29 is 9.84 Å². The Kier molecular flexibility index (Phi) is 7.54. The van der Waals surface area contributed by atoms with Crippen molar-refractivity contribution in [2.75, 3.05) is 18.1 Å². The fourth-order valence-corrected chi connectivity index (χ4v) is 13.2. The van der Waals surface area contributed by atoms with Gasteiger partial charge in [0.2, 0.25) is 0 Å². The Balaban J connectivity index is 1.99. The summed E-state index contributed by atoms with van der Waals surface area (Å²) in [5.41, 5.74) is 1.16. The summed E-state index contributed by atoms with van der Waals surface area (Å²) in [5.74, 6) is 2.44. The molecule has 1 N–H and O–H groups in total. The molecule has 1 aromatic rings. The lowest BCUT2D eigenvalue weighted by Crippen LogP contribution is -2.58. The summed E-state index contributed by atoms with van der Waals surface area (Å²) in [5, 5.41) is 11.1. The zero-order valence-corrected chi connectivity index (χ0v) is 19.0. The first-order chi connectivity index (χ1) is 11.7. The van der Waals surface area contributed by atoms with E-state index in [2.05, 4.69) is 69.5 Å². The Labute approximate surface area is 163 Å². The lowest BCUT2D eigenvalue weighted by molar-refractivity contribution is 0.0251. The van der Waals surface area contributed by atoms with Crippen LogP contribution < -0.4 is 0 Å². The van der Waals surface area contributed by atoms with E-state index in [1.807, 2.05) is 18.2 Å². The van der Waals surface area contributed by atoms with Gasteiger partial charge in [0, 0.05) is 0 Å². The van der Waals surface area contributed by atoms with E-state index in [-0.39, 0.29) is 3.70 Å². The van der Waals surface area contributed by atoms with Crippen molar-refractivity contribution in [2.24, 2.45) is 0 Å². The van der Waals surface area contributed by atoms with Gasteiger partial charge >= 0.3 is 0 Å². The summed E-state index contributed by atoms with van der Waals surface area (Å²) < 4.78 is 5.99. The highest BCUT2D eigenvalue weighted by atomic mass is 32.2. The maximum absolute atomic E-state index is 10.7. The molecular weight excluding hydrogens is 364 g/mol. The summed E-state index contributed by atoms with van der Waals surface area (Å²) in [4.78, 5) is 0. The molecule has 5 heteroatoms. The predicted molar refractivity (Wildman–Crippen MR) is 116 cm³/mol. The van der Waals surface area contributed by atoms with Gasteiger partial charge in [0.25, 0.3) is 0 Å². The van der Waals surface area contributed by atoms with Gasteiger partial charge in [0.1, 0.15) is 0 Å². The van der Waals surface area contributed by atoms with Crippen LogP contribution in [-0.4, -0.2) is 41.1 Å². The molecular formula is C20H34O2S2Si. The number of hydrogen-bond donors (Lipinski definition) is 1. The SMILES string of the molecule is CC(C)(C)[Si](C)(C)C1(C[C@@H](O)COCc2ccccc2)SCCCS1. The van der Waals surface area contributed by atoms with E-state index >= 15 is 0 Å². The van der Waals surface area contributed by atoms with Gasteiger partial charge in [0.15, 0.2) is 0 Å². The standard InChI is InChI=1S/C20H34O2S2Si/c1-19(2,3)25(4,5)20(23-12-9-13-24-20)14-18(21)16-22-15-17-10-7-6-8-11-17/h6-8,10-11,18,21H,9,12-16H2,1-5H3/t18-/m1/s1. The molecule has 1 aliphatic heterocycles. The van der Waals surface area contributed by atoms with Gasteiger partial charge in [-0.05, 0) is 34.9 Å². The fraction of sp³-hybridized carbons (Fsp3) is 0.700. The molecule has 1 aromatic carbocycles. The Morgan fingerprint density at radius 1 is 1.16 bits per heavy atom. The monoisotopic (exact) mass is 398 g/mol. The quantitative estimate of drug-likeness (QED) is 0.608. The van der Waals surface area contributed by atoms with Gasteiger partial charge in [-0.15, -0.1) is 23.5 Å². The molecule has 0 radical (unpaired) electrons. The predicted octanol–water partition coefficient (Wildman–Crippen LogP) is 5.57. The minimum atomic E-state index is -1.61. The third kappa shape index (κ3) is 5.29. The lowest BCUT2D eigenvalue weighted by Gasteiger charge is -2.54. The topological polar surface area (TPSA) is 29.5 Å². The van der Waals surface area contributed by atoms with Crippen molar-refractivity contribution in [2.45, 2.75) is 68.2 Å². The Morgan fingerprint density at radius 2 is 1.76 bits per heavy atom. The molecule has 1 saturated heterocycles.